The van der Waals surface area contributed by atoms with Gasteiger partial charge in [-0.05, 0) is 26.0 Å². The Bertz CT molecular complexity index is 449. The van der Waals surface area contributed by atoms with Crippen LogP contribution in [0.2, 0.25) is 0 Å². The smallest absolute Gasteiger partial charge is 0.257 e. The van der Waals surface area contributed by atoms with Gasteiger partial charge >= 0.3 is 0 Å². The lowest BCUT2D eigenvalue weighted by molar-refractivity contribution is 0.0655. The standard InChI is InChI=1S/C13H17ClFNO2/c1-13(2,8-14)16(3)12(17)10-6-5-9(18-4)7-11(10)15/h5-7H,8H2,1-4H3. The lowest BCUT2D eigenvalue weighted by atomic mass is 10.0. The van der Waals surface area contributed by atoms with Crippen molar-refractivity contribution < 1.29 is 13.9 Å². The van der Waals surface area contributed by atoms with Crippen LogP contribution < -0.4 is 4.74 Å². The van der Waals surface area contributed by atoms with Crippen LogP contribution in [0.4, 0.5) is 4.39 Å². The monoisotopic (exact) mass is 273 g/mol. The topological polar surface area (TPSA) is 29.5 Å². The van der Waals surface area contributed by atoms with Crippen LogP contribution in [-0.2, 0) is 0 Å². The van der Waals surface area contributed by atoms with Crippen molar-refractivity contribution in [3.8, 4) is 5.75 Å². The summed E-state index contributed by atoms with van der Waals surface area (Å²) in [4.78, 5) is 13.6. The zero-order valence-electron chi connectivity index (χ0n) is 11.0. The molecule has 0 bridgehead atoms. The van der Waals surface area contributed by atoms with Crippen LogP contribution in [0, 0.1) is 5.82 Å². The molecule has 1 aromatic rings. The number of ether oxygens (including phenoxy) is 1. The number of benzene rings is 1. The van der Waals surface area contributed by atoms with Gasteiger partial charge in [0.2, 0.25) is 0 Å². The molecule has 0 saturated carbocycles. The molecular weight excluding hydrogens is 257 g/mol. The summed E-state index contributed by atoms with van der Waals surface area (Å²) in [6, 6.07) is 4.16. The van der Waals surface area contributed by atoms with Gasteiger partial charge in [-0.1, -0.05) is 0 Å². The lowest BCUT2D eigenvalue weighted by Gasteiger charge is -2.34. The molecule has 0 N–H and O–H groups in total. The predicted octanol–water partition coefficient (Wildman–Crippen LogP) is 2.92. The van der Waals surface area contributed by atoms with Crippen LogP contribution in [0.3, 0.4) is 0 Å². The number of methoxy groups -OCH3 is 1. The zero-order chi connectivity index (χ0) is 13.9. The Labute approximate surface area is 111 Å². The molecule has 0 radical (unpaired) electrons. The molecule has 1 amide bonds. The van der Waals surface area contributed by atoms with Gasteiger partial charge < -0.3 is 9.64 Å². The highest BCUT2D eigenvalue weighted by Crippen LogP contribution is 2.21. The molecule has 0 atom stereocenters. The number of amides is 1. The molecule has 1 aromatic carbocycles. The highest BCUT2D eigenvalue weighted by atomic mass is 35.5. The molecule has 18 heavy (non-hydrogen) atoms. The van der Waals surface area contributed by atoms with Crippen molar-refractivity contribution in [2.75, 3.05) is 20.0 Å². The molecule has 0 fully saturated rings. The minimum absolute atomic E-state index is 0.0106. The Balaban J connectivity index is 3.04. The molecular formula is C13H17ClFNO2. The summed E-state index contributed by atoms with van der Waals surface area (Å²) in [6.07, 6.45) is 0. The molecule has 0 aromatic heterocycles. The first-order chi connectivity index (χ1) is 8.33. The van der Waals surface area contributed by atoms with E-state index in [1.165, 1.54) is 24.1 Å². The van der Waals surface area contributed by atoms with E-state index >= 15 is 0 Å². The molecule has 0 heterocycles. The van der Waals surface area contributed by atoms with E-state index < -0.39 is 17.3 Å². The third kappa shape index (κ3) is 2.93. The number of hydrogen-bond acceptors (Lipinski definition) is 2. The van der Waals surface area contributed by atoms with E-state index in [1.807, 2.05) is 13.8 Å². The first-order valence-electron chi connectivity index (χ1n) is 5.51. The molecule has 100 valence electrons. The van der Waals surface area contributed by atoms with Gasteiger partial charge in [0.1, 0.15) is 11.6 Å². The largest absolute Gasteiger partial charge is 0.497 e. The Morgan fingerprint density at radius 3 is 2.56 bits per heavy atom. The van der Waals surface area contributed by atoms with Crippen LogP contribution in [0.1, 0.15) is 24.2 Å². The summed E-state index contributed by atoms with van der Waals surface area (Å²) in [6.45, 7) is 3.64. The predicted molar refractivity (Wildman–Crippen MR) is 69.8 cm³/mol. The van der Waals surface area contributed by atoms with Gasteiger partial charge in [0.05, 0.1) is 18.2 Å². The first kappa shape index (κ1) is 14.8. The number of carbonyl (C=O) groups is 1. The number of carbonyl (C=O) groups excluding carboxylic acids is 1. The van der Waals surface area contributed by atoms with E-state index in [0.29, 0.717) is 5.75 Å². The molecule has 1 rings (SSSR count). The van der Waals surface area contributed by atoms with Gasteiger partial charge in [0, 0.05) is 19.0 Å². The van der Waals surface area contributed by atoms with E-state index in [2.05, 4.69) is 0 Å². The number of nitrogens with zero attached hydrogens (tertiary/aromatic N) is 1. The fourth-order valence-corrected chi connectivity index (χ4v) is 1.52. The quantitative estimate of drug-likeness (QED) is 0.790. The number of alkyl halides is 1. The molecule has 0 aliphatic carbocycles. The van der Waals surface area contributed by atoms with Crippen molar-refractivity contribution in [2.45, 2.75) is 19.4 Å². The summed E-state index contributed by atoms with van der Waals surface area (Å²) in [7, 11) is 3.05. The van der Waals surface area contributed by atoms with Gasteiger partial charge in [0.25, 0.3) is 5.91 Å². The second-order valence-electron chi connectivity index (χ2n) is 4.66. The van der Waals surface area contributed by atoms with Gasteiger partial charge in [-0.15, -0.1) is 11.6 Å². The second kappa shape index (κ2) is 5.57. The average molecular weight is 274 g/mol. The summed E-state index contributed by atoms with van der Waals surface area (Å²) < 4.78 is 18.7. The number of rotatable bonds is 4. The van der Waals surface area contributed by atoms with Crippen LogP contribution in [0.15, 0.2) is 18.2 Å². The van der Waals surface area contributed by atoms with Gasteiger partial charge in [-0.3, -0.25) is 4.79 Å². The SMILES string of the molecule is COc1ccc(C(=O)N(C)C(C)(C)CCl)c(F)c1. The molecule has 5 heteroatoms. The average Bonchev–Trinajstić information content (AvgIpc) is 2.36. The van der Waals surface area contributed by atoms with E-state index in [4.69, 9.17) is 16.3 Å². The minimum Gasteiger partial charge on any atom is -0.497 e. The van der Waals surface area contributed by atoms with Crippen LogP contribution >= 0.6 is 11.6 Å². The van der Waals surface area contributed by atoms with Gasteiger partial charge in [-0.2, -0.15) is 0 Å². The van der Waals surface area contributed by atoms with Crippen LogP contribution in [0.25, 0.3) is 0 Å². The Morgan fingerprint density at radius 1 is 1.50 bits per heavy atom. The summed E-state index contributed by atoms with van der Waals surface area (Å²) >= 11 is 5.80. The fraction of sp³-hybridized carbons (Fsp3) is 0.462. The Kier molecular flexibility index (Phi) is 4.57. The maximum Gasteiger partial charge on any atom is 0.257 e. The molecule has 0 spiro atoms. The highest BCUT2D eigenvalue weighted by molar-refractivity contribution is 6.18. The van der Waals surface area contributed by atoms with Crippen molar-refractivity contribution in [1.82, 2.24) is 4.90 Å². The van der Waals surface area contributed by atoms with Crippen molar-refractivity contribution in [1.29, 1.82) is 0 Å². The summed E-state index contributed by atoms with van der Waals surface area (Å²) in [5.41, 5.74) is -0.526. The zero-order valence-corrected chi connectivity index (χ0v) is 11.7. The van der Waals surface area contributed by atoms with Gasteiger partial charge in [-0.25, -0.2) is 4.39 Å². The van der Waals surface area contributed by atoms with E-state index in [0.717, 1.165) is 0 Å². The summed E-state index contributed by atoms with van der Waals surface area (Å²) in [5, 5.41) is 0. The number of hydrogen-bond donors (Lipinski definition) is 0. The summed E-state index contributed by atoms with van der Waals surface area (Å²) in [5.74, 6) is -0.354. The maximum absolute atomic E-state index is 13.8. The van der Waals surface area contributed by atoms with Crippen molar-refractivity contribution >= 4 is 17.5 Å². The Hall–Kier alpha value is -1.29. The fourth-order valence-electron chi connectivity index (χ4n) is 1.34. The molecule has 0 saturated heterocycles. The van der Waals surface area contributed by atoms with Crippen molar-refractivity contribution in [3.05, 3.63) is 29.6 Å². The highest BCUT2D eigenvalue weighted by Gasteiger charge is 2.28. The van der Waals surface area contributed by atoms with Crippen molar-refractivity contribution in [3.63, 3.8) is 0 Å². The molecule has 0 aliphatic heterocycles. The van der Waals surface area contributed by atoms with Gasteiger partial charge in [0.15, 0.2) is 0 Å². The molecule has 0 unspecified atom stereocenters. The maximum atomic E-state index is 13.8. The third-order valence-electron chi connectivity index (χ3n) is 2.95. The van der Waals surface area contributed by atoms with E-state index in [-0.39, 0.29) is 11.4 Å². The molecule has 3 nitrogen and oxygen atoms in total. The van der Waals surface area contributed by atoms with E-state index in [1.54, 1.807) is 13.1 Å². The first-order valence-corrected chi connectivity index (χ1v) is 6.04. The lowest BCUT2D eigenvalue weighted by Crippen LogP contribution is -2.46. The van der Waals surface area contributed by atoms with E-state index in [9.17, 15) is 9.18 Å². The number of halogens is 2. The minimum atomic E-state index is -0.600. The van der Waals surface area contributed by atoms with Crippen LogP contribution in [0.5, 0.6) is 5.75 Å². The normalized spacial score (nSPS) is 11.2. The van der Waals surface area contributed by atoms with Crippen molar-refractivity contribution in [2.24, 2.45) is 0 Å². The Morgan fingerprint density at radius 2 is 2.11 bits per heavy atom. The third-order valence-corrected chi connectivity index (χ3v) is 3.60. The molecule has 0 aliphatic rings. The van der Waals surface area contributed by atoms with Crippen LogP contribution in [-0.4, -0.2) is 36.4 Å². The second-order valence-corrected chi connectivity index (χ2v) is 4.92.